The lowest BCUT2D eigenvalue weighted by molar-refractivity contribution is -0.160. The number of nitrogens with zero attached hydrogens (tertiary/aromatic N) is 1. The first-order chi connectivity index (χ1) is 8.64. The third-order valence-electron chi connectivity index (χ3n) is 3.56. The highest BCUT2D eigenvalue weighted by Crippen LogP contribution is 2.44. The van der Waals surface area contributed by atoms with E-state index in [1.54, 1.807) is 0 Å². The van der Waals surface area contributed by atoms with Crippen LogP contribution in [0.2, 0.25) is 0 Å². The first kappa shape index (κ1) is 15.8. The second-order valence-corrected chi connectivity index (χ2v) is 5.32. The average molecular weight is 281 g/mol. The fourth-order valence-electron chi connectivity index (χ4n) is 2.67. The van der Waals surface area contributed by atoms with E-state index < -0.39 is 30.0 Å². The maximum Gasteiger partial charge on any atom is 0.406 e. The molecule has 0 aromatic carbocycles. The monoisotopic (exact) mass is 281 g/mol. The van der Waals surface area contributed by atoms with E-state index in [4.69, 9.17) is 5.11 Å². The summed E-state index contributed by atoms with van der Waals surface area (Å²) in [5, 5.41) is 8.87. The molecule has 0 radical (unpaired) electrons. The number of hydrogen-bond donors (Lipinski definition) is 1. The van der Waals surface area contributed by atoms with Crippen LogP contribution in [0.5, 0.6) is 0 Å². The van der Waals surface area contributed by atoms with E-state index >= 15 is 0 Å². The fourth-order valence-corrected chi connectivity index (χ4v) is 2.67. The van der Waals surface area contributed by atoms with E-state index in [-0.39, 0.29) is 12.8 Å². The Hall–Kier alpha value is -1.27. The second kappa shape index (κ2) is 5.79. The van der Waals surface area contributed by atoms with Crippen molar-refractivity contribution in [1.29, 1.82) is 0 Å². The number of amides is 1. The smallest absolute Gasteiger partial charge is 0.406 e. The van der Waals surface area contributed by atoms with Crippen LogP contribution in [0.4, 0.5) is 13.2 Å². The summed E-state index contributed by atoms with van der Waals surface area (Å²) >= 11 is 0. The molecule has 1 aliphatic rings. The van der Waals surface area contributed by atoms with E-state index in [0.29, 0.717) is 17.7 Å². The van der Waals surface area contributed by atoms with Gasteiger partial charge in [0.15, 0.2) is 0 Å². The molecule has 1 aliphatic carbocycles. The maximum atomic E-state index is 12.2. The predicted molar refractivity (Wildman–Crippen MR) is 61.5 cm³/mol. The number of alkyl halides is 3. The Kier molecular flexibility index (Phi) is 4.81. The van der Waals surface area contributed by atoms with E-state index in [1.165, 1.54) is 0 Å². The summed E-state index contributed by atoms with van der Waals surface area (Å²) in [5.41, 5.74) is -0.664. The third-order valence-corrected chi connectivity index (χ3v) is 3.56. The maximum absolute atomic E-state index is 12.2. The molecule has 0 spiro atoms. The van der Waals surface area contributed by atoms with Crippen LogP contribution in [0, 0.1) is 5.41 Å². The van der Waals surface area contributed by atoms with Gasteiger partial charge in [-0.2, -0.15) is 13.2 Å². The van der Waals surface area contributed by atoms with Crippen LogP contribution in [0.1, 0.15) is 38.5 Å². The van der Waals surface area contributed by atoms with Crippen LogP contribution in [0.25, 0.3) is 0 Å². The summed E-state index contributed by atoms with van der Waals surface area (Å²) in [5.74, 6) is -1.64. The number of carboxylic acid groups (broad SMARTS) is 1. The largest absolute Gasteiger partial charge is 0.481 e. The predicted octanol–water partition coefficient (Wildman–Crippen LogP) is 2.43. The van der Waals surface area contributed by atoms with Crippen molar-refractivity contribution in [3.63, 3.8) is 0 Å². The van der Waals surface area contributed by atoms with Gasteiger partial charge in [0.2, 0.25) is 5.91 Å². The lowest BCUT2D eigenvalue weighted by Crippen LogP contribution is -2.38. The van der Waals surface area contributed by atoms with Gasteiger partial charge in [-0.3, -0.25) is 9.59 Å². The normalized spacial score (nSPS) is 18.3. The van der Waals surface area contributed by atoms with Gasteiger partial charge in [0.1, 0.15) is 6.54 Å². The Morgan fingerprint density at radius 1 is 1.21 bits per heavy atom. The van der Waals surface area contributed by atoms with Gasteiger partial charge in [0.05, 0.1) is 6.42 Å². The highest BCUT2D eigenvalue weighted by atomic mass is 19.4. The van der Waals surface area contributed by atoms with Crippen LogP contribution in [0.3, 0.4) is 0 Å². The Morgan fingerprint density at radius 3 is 2.16 bits per heavy atom. The van der Waals surface area contributed by atoms with Gasteiger partial charge < -0.3 is 10.0 Å². The number of carboxylic acids is 1. The summed E-state index contributed by atoms with van der Waals surface area (Å²) in [6, 6.07) is 0. The number of carbonyl (C=O) groups is 2. The molecule has 1 rings (SSSR count). The van der Waals surface area contributed by atoms with Gasteiger partial charge in [0.25, 0.3) is 0 Å². The SMILES string of the molecule is CN(CC(F)(F)F)C(=O)CC1(CC(=O)O)CCCC1. The Morgan fingerprint density at radius 2 is 1.74 bits per heavy atom. The molecule has 0 saturated heterocycles. The molecule has 7 heteroatoms. The van der Waals surface area contributed by atoms with Crippen LogP contribution < -0.4 is 0 Å². The van der Waals surface area contributed by atoms with Crippen molar-refractivity contribution in [2.24, 2.45) is 5.41 Å². The summed E-state index contributed by atoms with van der Waals surface area (Å²) in [4.78, 5) is 23.3. The molecular weight excluding hydrogens is 263 g/mol. The Balaban J connectivity index is 2.64. The molecule has 0 aliphatic heterocycles. The lowest BCUT2D eigenvalue weighted by atomic mass is 9.79. The number of halogens is 3. The molecule has 1 N–H and O–H groups in total. The molecule has 0 heterocycles. The zero-order valence-corrected chi connectivity index (χ0v) is 10.8. The van der Waals surface area contributed by atoms with Crippen molar-refractivity contribution in [2.75, 3.05) is 13.6 Å². The zero-order valence-electron chi connectivity index (χ0n) is 10.8. The minimum atomic E-state index is -4.43. The summed E-state index contributed by atoms with van der Waals surface area (Å²) < 4.78 is 36.6. The van der Waals surface area contributed by atoms with Crippen molar-refractivity contribution >= 4 is 11.9 Å². The summed E-state index contributed by atoms with van der Waals surface area (Å²) in [6.45, 7) is -1.30. The van der Waals surface area contributed by atoms with Crippen LogP contribution >= 0.6 is 0 Å². The Bertz CT molecular complexity index is 349. The van der Waals surface area contributed by atoms with Gasteiger partial charge in [-0.15, -0.1) is 0 Å². The molecule has 0 aromatic heterocycles. The van der Waals surface area contributed by atoms with Gasteiger partial charge in [-0.1, -0.05) is 12.8 Å². The van der Waals surface area contributed by atoms with Crippen molar-refractivity contribution < 1.29 is 27.9 Å². The number of hydrogen-bond acceptors (Lipinski definition) is 2. The molecule has 0 bridgehead atoms. The number of rotatable bonds is 5. The zero-order chi connectivity index (χ0) is 14.7. The summed E-state index contributed by atoms with van der Waals surface area (Å²) in [7, 11) is 1.10. The molecule has 1 fully saturated rings. The van der Waals surface area contributed by atoms with Gasteiger partial charge in [-0.25, -0.2) is 0 Å². The van der Waals surface area contributed by atoms with Crippen LogP contribution in [-0.4, -0.2) is 41.7 Å². The average Bonchev–Trinajstić information content (AvgIpc) is 2.62. The molecule has 19 heavy (non-hydrogen) atoms. The van der Waals surface area contributed by atoms with E-state index in [2.05, 4.69) is 0 Å². The molecule has 4 nitrogen and oxygen atoms in total. The highest BCUT2D eigenvalue weighted by Gasteiger charge is 2.40. The van der Waals surface area contributed by atoms with Crippen LogP contribution in [0.15, 0.2) is 0 Å². The van der Waals surface area contributed by atoms with Crippen molar-refractivity contribution in [3.05, 3.63) is 0 Å². The molecule has 1 amide bonds. The van der Waals surface area contributed by atoms with Gasteiger partial charge in [0, 0.05) is 13.5 Å². The minimum Gasteiger partial charge on any atom is -0.481 e. The number of aliphatic carboxylic acids is 1. The van der Waals surface area contributed by atoms with E-state index in [0.717, 1.165) is 19.9 Å². The van der Waals surface area contributed by atoms with E-state index in [1.807, 2.05) is 0 Å². The molecule has 0 aromatic rings. The van der Waals surface area contributed by atoms with Crippen LogP contribution in [-0.2, 0) is 9.59 Å². The molecule has 0 unspecified atom stereocenters. The standard InChI is InChI=1S/C12H18F3NO3/c1-16(8-12(13,14)15)9(17)6-11(7-10(18)19)4-2-3-5-11/h2-8H2,1H3,(H,18,19). The van der Waals surface area contributed by atoms with Crippen molar-refractivity contribution in [2.45, 2.75) is 44.7 Å². The van der Waals surface area contributed by atoms with Gasteiger partial charge in [-0.05, 0) is 18.3 Å². The molecular formula is C12H18F3NO3. The molecule has 0 atom stereocenters. The minimum absolute atomic E-state index is 0.119. The fraction of sp³-hybridized carbons (Fsp3) is 0.833. The quantitative estimate of drug-likeness (QED) is 0.842. The van der Waals surface area contributed by atoms with Crippen molar-refractivity contribution in [1.82, 2.24) is 4.90 Å². The molecule has 1 saturated carbocycles. The third kappa shape index (κ3) is 5.08. The van der Waals surface area contributed by atoms with Crippen molar-refractivity contribution in [3.8, 4) is 0 Å². The lowest BCUT2D eigenvalue weighted by Gasteiger charge is -2.29. The first-order valence-corrected chi connectivity index (χ1v) is 6.16. The summed E-state index contributed by atoms with van der Waals surface area (Å²) in [6.07, 6.45) is -1.88. The van der Waals surface area contributed by atoms with Gasteiger partial charge >= 0.3 is 12.1 Å². The highest BCUT2D eigenvalue weighted by molar-refractivity contribution is 5.78. The Labute approximate surface area is 109 Å². The topological polar surface area (TPSA) is 57.6 Å². The second-order valence-electron chi connectivity index (χ2n) is 5.32. The number of carbonyl (C=O) groups excluding carboxylic acids is 1. The molecule has 110 valence electrons. The first-order valence-electron chi connectivity index (χ1n) is 6.16. The van der Waals surface area contributed by atoms with E-state index in [9.17, 15) is 22.8 Å².